The van der Waals surface area contributed by atoms with E-state index in [0.29, 0.717) is 24.5 Å². The number of carbonyl (C=O) groups is 1. The molecule has 8 heteroatoms. The lowest BCUT2D eigenvalue weighted by Gasteiger charge is -2.32. The molecular formula is C19H27N5O3. The molecule has 8 nitrogen and oxygen atoms in total. The van der Waals surface area contributed by atoms with Gasteiger partial charge in [0.15, 0.2) is 5.82 Å². The van der Waals surface area contributed by atoms with Crippen LogP contribution in [0, 0.1) is 0 Å². The van der Waals surface area contributed by atoms with Gasteiger partial charge in [0.05, 0.1) is 6.61 Å². The van der Waals surface area contributed by atoms with E-state index in [1.165, 1.54) is 0 Å². The van der Waals surface area contributed by atoms with Crippen molar-refractivity contribution in [2.75, 3.05) is 38.2 Å². The third kappa shape index (κ3) is 4.12. The largest absolute Gasteiger partial charge is 0.395 e. The molecule has 0 radical (unpaired) electrons. The van der Waals surface area contributed by atoms with Crippen LogP contribution in [0.25, 0.3) is 0 Å². The number of carbonyl (C=O) groups excluding carboxylic acids is 1. The number of hydrogen-bond acceptors (Lipinski definition) is 6. The van der Waals surface area contributed by atoms with E-state index in [0.717, 1.165) is 30.9 Å². The van der Waals surface area contributed by atoms with Crippen LogP contribution in [0.3, 0.4) is 0 Å². The molecule has 1 aromatic carbocycles. The highest BCUT2D eigenvalue weighted by molar-refractivity contribution is 5.94. The van der Waals surface area contributed by atoms with Gasteiger partial charge in [0, 0.05) is 50.9 Å². The van der Waals surface area contributed by atoms with Crippen molar-refractivity contribution in [2.24, 2.45) is 7.05 Å². The number of anilines is 1. The van der Waals surface area contributed by atoms with Gasteiger partial charge in [-0.1, -0.05) is 0 Å². The molecule has 146 valence electrons. The summed E-state index contributed by atoms with van der Waals surface area (Å²) in [6.07, 6.45) is 1.86. The summed E-state index contributed by atoms with van der Waals surface area (Å²) in [6.45, 7) is 1.82. The standard InChI is InChI=1S/C19H27N5O3/c1-22(10-11-25)16-7-5-14(6-8-16)19(27)24-9-3-4-15(12-24)18-21-20-17(13-26)23(18)2/h5-8,15,25-26H,3-4,9-13H2,1-2H3. The van der Waals surface area contributed by atoms with E-state index in [4.69, 9.17) is 5.11 Å². The molecule has 1 saturated heterocycles. The lowest BCUT2D eigenvalue weighted by atomic mass is 9.96. The lowest BCUT2D eigenvalue weighted by Crippen LogP contribution is -2.39. The Bertz CT molecular complexity index is 774. The molecule has 0 spiro atoms. The molecule has 1 aromatic heterocycles. The van der Waals surface area contributed by atoms with Gasteiger partial charge in [0.2, 0.25) is 0 Å². The maximum Gasteiger partial charge on any atom is 0.253 e. The number of likely N-dealkylation sites (N-methyl/N-ethyl adjacent to an activating group) is 1. The topological polar surface area (TPSA) is 94.7 Å². The molecule has 2 N–H and O–H groups in total. The second-order valence-corrected chi connectivity index (χ2v) is 6.97. The number of aliphatic hydroxyl groups is 2. The summed E-state index contributed by atoms with van der Waals surface area (Å²) in [5.74, 6) is 1.49. The molecule has 0 bridgehead atoms. The van der Waals surface area contributed by atoms with Crippen LogP contribution in [-0.2, 0) is 13.7 Å². The van der Waals surface area contributed by atoms with E-state index in [1.54, 1.807) is 0 Å². The van der Waals surface area contributed by atoms with Crippen molar-refractivity contribution in [3.05, 3.63) is 41.5 Å². The number of piperidine rings is 1. The van der Waals surface area contributed by atoms with Crippen LogP contribution in [0.15, 0.2) is 24.3 Å². The number of likely N-dealkylation sites (tertiary alicyclic amines) is 1. The second-order valence-electron chi connectivity index (χ2n) is 6.97. The molecule has 0 aliphatic carbocycles. The first-order chi connectivity index (χ1) is 13.0. The lowest BCUT2D eigenvalue weighted by molar-refractivity contribution is 0.0703. The fourth-order valence-electron chi connectivity index (χ4n) is 3.56. The van der Waals surface area contributed by atoms with E-state index >= 15 is 0 Å². The van der Waals surface area contributed by atoms with Crippen LogP contribution < -0.4 is 4.90 Å². The van der Waals surface area contributed by atoms with Crippen molar-refractivity contribution in [2.45, 2.75) is 25.4 Å². The first kappa shape index (κ1) is 19.3. The minimum Gasteiger partial charge on any atom is -0.395 e. The van der Waals surface area contributed by atoms with E-state index in [-0.39, 0.29) is 25.0 Å². The van der Waals surface area contributed by atoms with Crippen molar-refractivity contribution in [3.8, 4) is 0 Å². The molecular weight excluding hydrogens is 346 g/mol. The second kappa shape index (κ2) is 8.49. The Kier molecular flexibility index (Phi) is 6.08. The van der Waals surface area contributed by atoms with Crippen LogP contribution in [0.1, 0.15) is 40.8 Å². The highest BCUT2D eigenvalue weighted by atomic mass is 16.3. The maximum absolute atomic E-state index is 12.9. The van der Waals surface area contributed by atoms with Gasteiger partial charge in [-0.25, -0.2) is 0 Å². The molecule has 1 aliphatic rings. The molecule has 3 rings (SSSR count). The van der Waals surface area contributed by atoms with Crippen molar-refractivity contribution < 1.29 is 15.0 Å². The van der Waals surface area contributed by atoms with Crippen LogP contribution in [0.5, 0.6) is 0 Å². The molecule has 1 unspecified atom stereocenters. The Labute approximate surface area is 159 Å². The number of amides is 1. The number of aromatic nitrogens is 3. The summed E-state index contributed by atoms with van der Waals surface area (Å²) in [7, 11) is 3.76. The van der Waals surface area contributed by atoms with Crippen LogP contribution in [0.2, 0.25) is 0 Å². The van der Waals surface area contributed by atoms with E-state index < -0.39 is 0 Å². The molecule has 1 fully saturated rings. The van der Waals surface area contributed by atoms with Crippen molar-refractivity contribution in [1.29, 1.82) is 0 Å². The Hall–Kier alpha value is -2.45. The van der Waals surface area contributed by atoms with Crippen molar-refractivity contribution in [1.82, 2.24) is 19.7 Å². The van der Waals surface area contributed by atoms with Gasteiger partial charge in [-0.2, -0.15) is 0 Å². The van der Waals surface area contributed by atoms with E-state index in [9.17, 15) is 9.90 Å². The summed E-state index contributed by atoms with van der Waals surface area (Å²) >= 11 is 0. The molecule has 2 aromatic rings. The number of nitrogens with zero attached hydrogens (tertiary/aromatic N) is 5. The third-order valence-electron chi connectivity index (χ3n) is 5.20. The van der Waals surface area contributed by atoms with Gasteiger partial charge >= 0.3 is 0 Å². The summed E-state index contributed by atoms with van der Waals surface area (Å²) in [5, 5.41) is 26.6. The Morgan fingerprint density at radius 3 is 2.63 bits per heavy atom. The number of benzene rings is 1. The fourth-order valence-corrected chi connectivity index (χ4v) is 3.56. The minimum absolute atomic E-state index is 0.0145. The summed E-state index contributed by atoms with van der Waals surface area (Å²) in [6, 6.07) is 7.48. The average molecular weight is 373 g/mol. The highest BCUT2D eigenvalue weighted by Gasteiger charge is 2.28. The first-order valence-electron chi connectivity index (χ1n) is 9.25. The van der Waals surface area contributed by atoms with Crippen molar-refractivity contribution >= 4 is 11.6 Å². The highest BCUT2D eigenvalue weighted by Crippen LogP contribution is 2.27. The fraction of sp³-hybridized carbons (Fsp3) is 0.526. The van der Waals surface area contributed by atoms with E-state index in [2.05, 4.69) is 10.2 Å². The Balaban J connectivity index is 1.70. The molecule has 27 heavy (non-hydrogen) atoms. The Morgan fingerprint density at radius 2 is 2.00 bits per heavy atom. The first-order valence-corrected chi connectivity index (χ1v) is 9.25. The molecule has 1 amide bonds. The van der Waals surface area contributed by atoms with Gasteiger partial charge in [-0.05, 0) is 37.1 Å². The zero-order chi connectivity index (χ0) is 19.4. The summed E-state index contributed by atoms with van der Waals surface area (Å²) in [5.41, 5.74) is 1.62. The zero-order valence-corrected chi connectivity index (χ0v) is 15.9. The molecule has 1 atom stereocenters. The average Bonchev–Trinajstić information content (AvgIpc) is 3.08. The summed E-state index contributed by atoms with van der Waals surface area (Å²) in [4.78, 5) is 16.7. The van der Waals surface area contributed by atoms with Gasteiger partial charge < -0.3 is 24.6 Å². The number of rotatable bonds is 6. The minimum atomic E-state index is -0.143. The SMILES string of the molecule is CN(CCO)c1ccc(C(=O)N2CCCC(c3nnc(CO)n3C)C2)cc1. The predicted octanol–water partition coefficient (Wildman–Crippen LogP) is 0.756. The number of hydrogen-bond donors (Lipinski definition) is 2. The Morgan fingerprint density at radius 1 is 1.26 bits per heavy atom. The van der Waals surface area contributed by atoms with E-state index in [1.807, 2.05) is 52.7 Å². The van der Waals surface area contributed by atoms with Gasteiger partial charge in [0.1, 0.15) is 12.4 Å². The zero-order valence-electron chi connectivity index (χ0n) is 15.9. The van der Waals surface area contributed by atoms with Crippen LogP contribution in [-0.4, -0.2) is 69.1 Å². The predicted molar refractivity (Wildman–Crippen MR) is 102 cm³/mol. The molecule has 0 saturated carbocycles. The maximum atomic E-state index is 12.9. The third-order valence-corrected chi connectivity index (χ3v) is 5.20. The molecule has 2 heterocycles. The van der Waals surface area contributed by atoms with Gasteiger partial charge in [-0.15, -0.1) is 10.2 Å². The number of aliphatic hydroxyl groups excluding tert-OH is 2. The van der Waals surface area contributed by atoms with Gasteiger partial charge in [-0.3, -0.25) is 4.79 Å². The van der Waals surface area contributed by atoms with Crippen LogP contribution >= 0.6 is 0 Å². The molecule has 1 aliphatic heterocycles. The van der Waals surface area contributed by atoms with Gasteiger partial charge in [0.25, 0.3) is 5.91 Å². The summed E-state index contributed by atoms with van der Waals surface area (Å²) < 4.78 is 1.82. The normalized spacial score (nSPS) is 17.2. The van der Waals surface area contributed by atoms with Crippen LogP contribution in [0.4, 0.5) is 5.69 Å². The van der Waals surface area contributed by atoms with Crippen molar-refractivity contribution in [3.63, 3.8) is 0 Å². The smallest absolute Gasteiger partial charge is 0.253 e. The quantitative estimate of drug-likeness (QED) is 0.776. The monoisotopic (exact) mass is 373 g/mol.